The minimum atomic E-state index is -0.992. The summed E-state index contributed by atoms with van der Waals surface area (Å²) in [5.74, 6) is -0.992. The fourth-order valence-corrected chi connectivity index (χ4v) is 2.05. The van der Waals surface area contributed by atoms with Crippen LogP contribution in [0.3, 0.4) is 0 Å². The lowest BCUT2D eigenvalue weighted by atomic mass is 10.0. The first-order valence-corrected chi connectivity index (χ1v) is 5.55. The Morgan fingerprint density at radius 3 is 2.94 bits per heavy atom. The minimum absolute atomic E-state index is 0.174. The van der Waals surface area contributed by atoms with Crippen LogP contribution in [0.2, 0.25) is 0 Å². The van der Waals surface area contributed by atoms with Crippen LogP contribution in [0.1, 0.15) is 28.2 Å². The molecule has 1 N–H and O–H groups in total. The van der Waals surface area contributed by atoms with Gasteiger partial charge in [-0.2, -0.15) is 0 Å². The van der Waals surface area contributed by atoms with Crippen LogP contribution in [-0.4, -0.2) is 21.0 Å². The van der Waals surface area contributed by atoms with Crippen LogP contribution < -0.4 is 0 Å². The topological polar surface area (TPSA) is 63.1 Å². The first kappa shape index (κ1) is 10.7. The number of aromatic nitrogens is 2. The number of allylic oxidation sites excluding steroid dienone is 2. The highest BCUT2D eigenvalue weighted by molar-refractivity contribution is 6.01. The molecule has 1 aromatic heterocycles. The molecule has 4 nitrogen and oxygen atoms in total. The van der Waals surface area contributed by atoms with E-state index in [2.05, 4.69) is 16.5 Å². The summed E-state index contributed by atoms with van der Waals surface area (Å²) in [6, 6.07) is 4.97. The molecule has 0 bridgehead atoms. The maximum absolute atomic E-state index is 11.1. The molecule has 0 atom stereocenters. The molecule has 0 unspecified atom stereocenters. The van der Waals surface area contributed by atoms with Crippen molar-refractivity contribution in [3.63, 3.8) is 0 Å². The molecule has 18 heavy (non-hydrogen) atoms. The van der Waals surface area contributed by atoms with E-state index in [1.54, 1.807) is 12.1 Å². The second-order valence-corrected chi connectivity index (χ2v) is 4.15. The zero-order valence-corrected chi connectivity index (χ0v) is 9.55. The molecule has 0 aliphatic heterocycles. The van der Waals surface area contributed by atoms with Gasteiger partial charge in [0.2, 0.25) is 0 Å². The van der Waals surface area contributed by atoms with Gasteiger partial charge in [-0.15, -0.1) is 0 Å². The molecule has 1 aliphatic carbocycles. The van der Waals surface area contributed by atoms with Gasteiger partial charge in [-0.05, 0) is 30.2 Å². The van der Waals surface area contributed by atoms with Crippen molar-refractivity contribution < 1.29 is 9.90 Å². The molecule has 1 heterocycles. The lowest BCUT2D eigenvalue weighted by molar-refractivity contribution is 0.0699. The van der Waals surface area contributed by atoms with Crippen molar-refractivity contribution in [2.75, 3.05) is 0 Å². The first-order chi connectivity index (χ1) is 8.66. The predicted octanol–water partition coefficient (Wildman–Crippen LogP) is 2.76. The number of carbonyl (C=O) groups is 1. The fourth-order valence-electron chi connectivity index (χ4n) is 2.05. The first-order valence-electron chi connectivity index (χ1n) is 5.55. The van der Waals surface area contributed by atoms with Crippen LogP contribution in [0.5, 0.6) is 0 Å². The van der Waals surface area contributed by atoms with Crippen LogP contribution in [0.4, 0.5) is 0 Å². The summed E-state index contributed by atoms with van der Waals surface area (Å²) < 4.78 is 0. The van der Waals surface area contributed by atoms with Gasteiger partial charge in [-0.25, -0.2) is 14.8 Å². The monoisotopic (exact) mass is 238 g/mol. The maximum Gasteiger partial charge on any atom is 0.337 e. The van der Waals surface area contributed by atoms with Crippen LogP contribution in [0.25, 0.3) is 22.7 Å². The van der Waals surface area contributed by atoms with Gasteiger partial charge in [-0.1, -0.05) is 18.7 Å². The maximum atomic E-state index is 11.1. The molecule has 0 spiro atoms. The van der Waals surface area contributed by atoms with Crippen molar-refractivity contribution in [1.82, 2.24) is 9.97 Å². The van der Waals surface area contributed by atoms with Crippen molar-refractivity contribution in [3.05, 3.63) is 47.8 Å². The molecule has 0 fully saturated rings. The molecule has 2 aromatic rings. The Bertz CT molecular complexity index is 717. The molecule has 0 radical (unpaired) electrons. The second-order valence-electron chi connectivity index (χ2n) is 4.15. The third-order valence-corrected chi connectivity index (χ3v) is 2.93. The van der Waals surface area contributed by atoms with E-state index < -0.39 is 5.97 Å². The molecule has 0 saturated heterocycles. The highest BCUT2D eigenvalue weighted by atomic mass is 16.4. The van der Waals surface area contributed by atoms with Gasteiger partial charge in [-0.3, -0.25) is 0 Å². The van der Waals surface area contributed by atoms with E-state index in [4.69, 9.17) is 5.11 Å². The second kappa shape index (κ2) is 3.77. The van der Waals surface area contributed by atoms with Crippen LogP contribution in [0, 0.1) is 0 Å². The summed E-state index contributed by atoms with van der Waals surface area (Å²) in [4.78, 5) is 20.0. The molecule has 4 heteroatoms. The van der Waals surface area contributed by atoms with E-state index in [1.807, 2.05) is 12.2 Å². The number of hydrogen-bond acceptors (Lipinski definition) is 3. The summed E-state index contributed by atoms with van der Waals surface area (Å²) in [6.07, 6.45) is 4.56. The third-order valence-electron chi connectivity index (χ3n) is 2.93. The summed E-state index contributed by atoms with van der Waals surface area (Å²) in [5, 5.41) is 9.14. The van der Waals surface area contributed by atoms with Gasteiger partial charge in [0.1, 0.15) is 5.52 Å². The van der Waals surface area contributed by atoms with E-state index in [0.29, 0.717) is 16.7 Å². The van der Waals surface area contributed by atoms with Gasteiger partial charge in [0.05, 0.1) is 22.5 Å². The van der Waals surface area contributed by atoms with Crippen molar-refractivity contribution >= 4 is 28.7 Å². The number of para-hydroxylation sites is 1. The Hall–Kier alpha value is -2.49. The molecular formula is C14H10N2O2. The zero-order chi connectivity index (χ0) is 12.7. The quantitative estimate of drug-likeness (QED) is 0.829. The Morgan fingerprint density at radius 2 is 2.17 bits per heavy atom. The standard InChI is InChI=1S/C14H10N2O2/c1-8-4-2-6-10-12(8)15-11-7-3-5-9(14(17)18)13(11)16-10/h2-3,5-7H,1,4H2,(H,17,18). The molecule has 1 aliphatic rings. The van der Waals surface area contributed by atoms with Gasteiger partial charge >= 0.3 is 5.97 Å². The zero-order valence-electron chi connectivity index (χ0n) is 9.55. The largest absolute Gasteiger partial charge is 0.478 e. The Kier molecular flexibility index (Phi) is 2.23. The third kappa shape index (κ3) is 1.50. The van der Waals surface area contributed by atoms with Crippen molar-refractivity contribution in [2.24, 2.45) is 0 Å². The Balaban J connectivity index is 2.38. The lowest BCUT2D eigenvalue weighted by Gasteiger charge is -2.12. The lowest BCUT2D eigenvalue weighted by Crippen LogP contribution is -2.05. The van der Waals surface area contributed by atoms with E-state index in [1.165, 1.54) is 6.07 Å². The number of fused-ring (bicyclic) bond motifs is 2. The number of carboxylic acids is 1. The molecule has 0 amide bonds. The molecular weight excluding hydrogens is 228 g/mol. The van der Waals surface area contributed by atoms with E-state index in [-0.39, 0.29) is 5.56 Å². The Labute approximate surface area is 103 Å². The Morgan fingerprint density at radius 1 is 1.33 bits per heavy atom. The fraction of sp³-hybridized carbons (Fsp3) is 0.0714. The number of benzene rings is 1. The van der Waals surface area contributed by atoms with Crippen molar-refractivity contribution in [3.8, 4) is 0 Å². The number of hydrogen-bond donors (Lipinski definition) is 1. The molecule has 0 saturated carbocycles. The van der Waals surface area contributed by atoms with Gasteiger partial charge < -0.3 is 5.11 Å². The predicted molar refractivity (Wildman–Crippen MR) is 69.2 cm³/mol. The van der Waals surface area contributed by atoms with Gasteiger partial charge in [0, 0.05) is 0 Å². The normalized spacial score (nSPS) is 13.7. The number of carboxylic acid groups (broad SMARTS) is 1. The summed E-state index contributed by atoms with van der Waals surface area (Å²) >= 11 is 0. The number of rotatable bonds is 1. The smallest absolute Gasteiger partial charge is 0.337 e. The van der Waals surface area contributed by atoms with E-state index >= 15 is 0 Å². The van der Waals surface area contributed by atoms with Crippen LogP contribution in [-0.2, 0) is 0 Å². The van der Waals surface area contributed by atoms with Gasteiger partial charge in [0.25, 0.3) is 0 Å². The average molecular weight is 238 g/mol. The van der Waals surface area contributed by atoms with E-state index in [9.17, 15) is 4.79 Å². The molecule has 1 aromatic carbocycles. The van der Waals surface area contributed by atoms with E-state index in [0.717, 1.165) is 17.7 Å². The van der Waals surface area contributed by atoms with Crippen LogP contribution in [0.15, 0.2) is 30.9 Å². The highest BCUT2D eigenvalue weighted by Gasteiger charge is 2.16. The minimum Gasteiger partial charge on any atom is -0.478 e. The van der Waals surface area contributed by atoms with Gasteiger partial charge in [0.15, 0.2) is 0 Å². The van der Waals surface area contributed by atoms with Crippen LogP contribution >= 0.6 is 0 Å². The summed E-state index contributed by atoms with van der Waals surface area (Å²) in [7, 11) is 0. The molecule has 88 valence electrons. The number of nitrogens with zero attached hydrogens (tertiary/aromatic N) is 2. The summed E-state index contributed by atoms with van der Waals surface area (Å²) in [5.41, 5.74) is 3.53. The molecule has 3 rings (SSSR count). The van der Waals surface area contributed by atoms with Crippen molar-refractivity contribution in [1.29, 1.82) is 0 Å². The number of aromatic carboxylic acids is 1. The average Bonchev–Trinajstić information content (AvgIpc) is 2.36. The van der Waals surface area contributed by atoms with Crippen molar-refractivity contribution in [2.45, 2.75) is 6.42 Å². The SMILES string of the molecule is C=C1CC=Cc2nc3c(C(=O)O)cccc3nc21. The summed E-state index contributed by atoms with van der Waals surface area (Å²) in [6.45, 7) is 3.95. The highest BCUT2D eigenvalue weighted by Crippen LogP contribution is 2.27.